The Morgan fingerprint density at radius 2 is 1.53 bits per heavy atom. The van der Waals surface area contributed by atoms with Crippen molar-refractivity contribution in [1.82, 2.24) is 10.2 Å². The molecule has 7 heteroatoms. The highest BCUT2D eigenvalue weighted by Gasteiger charge is 2.29. The SMILES string of the molecule is O=C(Nc1ccc(C(=O)N2CCC[C@H](C(=O)NCC3CCCCC3)C2)cc1)c1ccc(Cl)cc1. The van der Waals surface area contributed by atoms with Crippen molar-refractivity contribution in [3.63, 3.8) is 0 Å². The number of hydrogen-bond donors (Lipinski definition) is 2. The topological polar surface area (TPSA) is 78.5 Å². The van der Waals surface area contributed by atoms with E-state index in [-0.39, 0.29) is 23.6 Å². The molecule has 0 unspecified atom stereocenters. The average Bonchev–Trinajstić information content (AvgIpc) is 2.88. The van der Waals surface area contributed by atoms with Crippen molar-refractivity contribution in [2.75, 3.05) is 25.0 Å². The normalized spacial score (nSPS) is 18.9. The molecule has 2 aromatic rings. The predicted octanol–water partition coefficient (Wildman–Crippen LogP) is 5.14. The molecule has 3 amide bonds. The van der Waals surface area contributed by atoms with Crippen LogP contribution >= 0.6 is 11.6 Å². The van der Waals surface area contributed by atoms with Gasteiger partial charge in [0.1, 0.15) is 0 Å². The molecule has 2 N–H and O–H groups in total. The molecule has 6 nitrogen and oxygen atoms in total. The molecule has 1 heterocycles. The maximum absolute atomic E-state index is 13.1. The van der Waals surface area contributed by atoms with Gasteiger partial charge in [0, 0.05) is 41.5 Å². The quantitative estimate of drug-likeness (QED) is 0.599. The number of hydrogen-bond acceptors (Lipinski definition) is 3. The van der Waals surface area contributed by atoms with E-state index in [1.54, 1.807) is 53.4 Å². The summed E-state index contributed by atoms with van der Waals surface area (Å²) in [5, 5.41) is 6.54. The maximum atomic E-state index is 13.1. The number of rotatable bonds is 6. The van der Waals surface area contributed by atoms with Gasteiger partial charge in [0.05, 0.1) is 5.92 Å². The number of piperidine rings is 1. The molecule has 1 saturated carbocycles. The molecule has 0 radical (unpaired) electrons. The number of nitrogens with zero attached hydrogens (tertiary/aromatic N) is 1. The van der Waals surface area contributed by atoms with Gasteiger partial charge in [-0.1, -0.05) is 30.9 Å². The van der Waals surface area contributed by atoms with Crippen LogP contribution < -0.4 is 10.6 Å². The van der Waals surface area contributed by atoms with Gasteiger partial charge >= 0.3 is 0 Å². The van der Waals surface area contributed by atoms with E-state index in [2.05, 4.69) is 10.6 Å². The lowest BCUT2D eigenvalue weighted by Crippen LogP contribution is -2.46. The number of nitrogens with one attached hydrogen (secondary N) is 2. The minimum Gasteiger partial charge on any atom is -0.356 e. The predicted molar refractivity (Wildman–Crippen MR) is 134 cm³/mol. The van der Waals surface area contributed by atoms with Gasteiger partial charge in [-0.05, 0) is 80.1 Å². The van der Waals surface area contributed by atoms with Crippen LogP contribution in [0.5, 0.6) is 0 Å². The molecule has 4 rings (SSSR count). The van der Waals surface area contributed by atoms with Gasteiger partial charge in [-0.15, -0.1) is 0 Å². The van der Waals surface area contributed by atoms with Crippen molar-refractivity contribution in [3.8, 4) is 0 Å². The number of amides is 3. The molecule has 180 valence electrons. The highest BCUT2D eigenvalue weighted by Crippen LogP contribution is 2.24. The van der Waals surface area contributed by atoms with Gasteiger partial charge in [-0.25, -0.2) is 0 Å². The summed E-state index contributed by atoms with van der Waals surface area (Å²) in [5.41, 5.74) is 1.66. The maximum Gasteiger partial charge on any atom is 0.255 e. The second-order valence-corrected chi connectivity index (χ2v) is 9.81. The average molecular weight is 482 g/mol. The Labute approximate surface area is 206 Å². The summed E-state index contributed by atoms with van der Waals surface area (Å²) in [6, 6.07) is 13.5. The van der Waals surface area contributed by atoms with Crippen LogP contribution in [0.1, 0.15) is 65.7 Å². The first-order valence-electron chi connectivity index (χ1n) is 12.2. The van der Waals surface area contributed by atoms with Crippen molar-refractivity contribution in [2.24, 2.45) is 11.8 Å². The second-order valence-electron chi connectivity index (χ2n) is 9.38. The molecule has 34 heavy (non-hydrogen) atoms. The van der Waals surface area contributed by atoms with Crippen LogP contribution in [0.2, 0.25) is 5.02 Å². The molecule has 2 aliphatic rings. The first-order chi connectivity index (χ1) is 16.5. The van der Waals surface area contributed by atoms with E-state index < -0.39 is 0 Å². The minimum absolute atomic E-state index is 0.0725. The van der Waals surface area contributed by atoms with E-state index in [0.717, 1.165) is 19.4 Å². The van der Waals surface area contributed by atoms with E-state index >= 15 is 0 Å². The van der Waals surface area contributed by atoms with E-state index in [1.807, 2.05) is 0 Å². The molecule has 2 aromatic carbocycles. The Bertz CT molecular complexity index is 1000. The highest BCUT2D eigenvalue weighted by molar-refractivity contribution is 6.30. The zero-order valence-corrected chi connectivity index (χ0v) is 20.2. The Balaban J connectivity index is 1.29. The number of carbonyl (C=O) groups excluding carboxylic acids is 3. The fourth-order valence-electron chi connectivity index (χ4n) is 4.84. The summed E-state index contributed by atoms with van der Waals surface area (Å²) in [6.45, 7) is 1.86. The Morgan fingerprint density at radius 3 is 2.24 bits per heavy atom. The summed E-state index contributed by atoms with van der Waals surface area (Å²) in [7, 11) is 0. The van der Waals surface area contributed by atoms with Gasteiger partial charge in [0.15, 0.2) is 0 Å². The first-order valence-corrected chi connectivity index (χ1v) is 12.6. The molecular formula is C27H32ClN3O3. The van der Waals surface area contributed by atoms with Gasteiger partial charge in [-0.2, -0.15) is 0 Å². The zero-order chi connectivity index (χ0) is 23.9. The number of likely N-dealkylation sites (tertiary alicyclic amines) is 1. The van der Waals surface area contributed by atoms with Crippen molar-refractivity contribution < 1.29 is 14.4 Å². The monoisotopic (exact) mass is 481 g/mol. The van der Waals surface area contributed by atoms with E-state index in [4.69, 9.17) is 11.6 Å². The van der Waals surface area contributed by atoms with Gasteiger partial charge in [0.25, 0.3) is 11.8 Å². The molecule has 0 spiro atoms. The molecule has 2 fully saturated rings. The molecule has 1 saturated heterocycles. The summed E-state index contributed by atoms with van der Waals surface area (Å²) in [6.07, 6.45) is 7.86. The third-order valence-corrected chi connectivity index (χ3v) is 7.12. The van der Waals surface area contributed by atoms with Crippen LogP contribution in [-0.2, 0) is 4.79 Å². The molecule has 0 aromatic heterocycles. The summed E-state index contributed by atoms with van der Waals surface area (Å²) >= 11 is 5.87. The largest absolute Gasteiger partial charge is 0.356 e. The Morgan fingerprint density at radius 1 is 0.853 bits per heavy atom. The van der Waals surface area contributed by atoms with Gasteiger partial charge < -0.3 is 15.5 Å². The van der Waals surface area contributed by atoms with E-state index in [0.29, 0.717) is 40.8 Å². The highest BCUT2D eigenvalue weighted by atomic mass is 35.5. The summed E-state index contributed by atoms with van der Waals surface area (Å²) in [4.78, 5) is 39.9. The number of benzene rings is 2. The number of carbonyl (C=O) groups is 3. The standard InChI is InChI=1S/C27H32ClN3O3/c28-23-12-8-20(9-13-23)26(33)30-24-14-10-21(11-15-24)27(34)31-16-4-7-22(18-31)25(32)29-17-19-5-2-1-3-6-19/h8-15,19,22H,1-7,16-18H2,(H,29,32)(H,30,33)/t22-/m0/s1. The van der Waals surface area contributed by atoms with Crippen LogP contribution in [0.4, 0.5) is 5.69 Å². The second kappa shape index (κ2) is 11.5. The lowest BCUT2D eigenvalue weighted by atomic mass is 9.89. The van der Waals surface area contributed by atoms with Crippen molar-refractivity contribution in [3.05, 3.63) is 64.7 Å². The van der Waals surface area contributed by atoms with Crippen molar-refractivity contribution in [2.45, 2.75) is 44.9 Å². The molecule has 1 aliphatic heterocycles. The van der Waals surface area contributed by atoms with Crippen LogP contribution in [0, 0.1) is 11.8 Å². The van der Waals surface area contributed by atoms with Crippen LogP contribution in [0.15, 0.2) is 48.5 Å². The zero-order valence-electron chi connectivity index (χ0n) is 19.4. The van der Waals surface area contributed by atoms with Gasteiger partial charge in [0.2, 0.25) is 5.91 Å². The molecular weight excluding hydrogens is 450 g/mol. The fraction of sp³-hybridized carbons (Fsp3) is 0.444. The smallest absolute Gasteiger partial charge is 0.255 e. The Hall–Kier alpha value is -2.86. The third-order valence-electron chi connectivity index (χ3n) is 6.87. The molecule has 1 aliphatic carbocycles. The van der Waals surface area contributed by atoms with Gasteiger partial charge in [-0.3, -0.25) is 14.4 Å². The van der Waals surface area contributed by atoms with Crippen LogP contribution in [0.3, 0.4) is 0 Å². The van der Waals surface area contributed by atoms with Crippen molar-refractivity contribution in [1.29, 1.82) is 0 Å². The Kier molecular flexibility index (Phi) is 8.22. The lowest BCUT2D eigenvalue weighted by Gasteiger charge is -2.32. The van der Waals surface area contributed by atoms with Crippen LogP contribution in [-0.4, -0.2) is 42.3 Å². The summed E-state index contributed by atoms with van der Waals surface area (Å²) in [5.74, 6) is 0.189. The van der Waals surface area contributed by atoms with Crippen molar-refractivity contribution >= 4 is 35.0 Å². The van der Waals surface area contributed by atoms with E-state index in [1.165, 1.54) is 32.1 Å². The third kappa shape index (κ3) is 6.38. The minimum atomic E-state index is -0.242. The number of halogens is 1. The number of anilines is 1. The van der Waals surface area contributed by atoms with Crippen LogP contribution in [0.25, 0.3) is 0 Å². The summed E-state index contributed by atoms with van der Waals surface area (Å²) < 4.78 is 0. The fourth-order valence-corrected chi connectivity index (χ4v) is 4.97. The van der Waals surface area contributed by atoms with E-state index in [9.17, 15) is 14.4 Å². The first kappa shape index (κ1) is 24.3. The molecule has 1 atom stereocenters. The lowest BCUT2D eigenvalue weighted by molar-refractivity contribution is -0.126. The molecule has 0 bridgehead atoms.